The van der Waals surface area contributed by atoms with Crippen LogP contribution in [0, 0.1) is 27.7 Å². The minimum Gasteiger partial charge on any atom is -0.496 e. The van der Waals surface area contributed by atoms with E-state index in [2.05, 4.69) is 53.7 Å². The third-order valence-corrected chi connectivity index (χ3v) is 6.30. The van der Waals surface area contributed by atoms with Crippen LogP contribution in [-0.2, 0) is 12.8 Å². The molecule has 0 aliphatic carbocycles. The Kier molecular flexibility index (Phi) is 7.22. The molecule has 0 heterocycles. The van der Waals surface area contributed by atoms with Gasteiger partial charge in [-0.05, 0) is 85.0 Å². The van der Waals surface area contributed by atoms with Crippen molar-refractivity contribution in [3.8, 4) is 11.5 Å². The maximum atomic E-state index is 6.56. The van der Waals surface area contributed by atoms with E-state index in [1.165, 1.54) is 44.5 Å². The van der Waals surface area contributed by atoms with Crippen LogP contribution in [-0.4, -0.2) is 20.1 Å². The molecular formula is C24H33ClO2. The van der Waals surface area contributed by atoms with Gasteiger partial charge in [-0.15, -0.1) is 11.6 Å². The van der Waals surface area contributed by atoms with Gasteiger partial charge in [0.2, 0.25) is 0 Å². The topological polar surface area (TPSA) is 18.5 Å². The molecule has 0 aliphatic heterocycles. The Morgan fingerprint density at radius 3 is 1.37 bits per heavy atom. The van der Waals surface area contributed by atoms with Crippen molar-refractivity contribution in [3.05, 3.63) is 56.6 Å². The molecule has 0 fully saturated rings. The number of halogens is 1. The molecule has 2 nitrogen and oxygen atoms in total. The number of ether oxygens (including phenoxy) is 2. The van der Waals surface area contributed by atoms with E-state index >= 15 is 0 Å². The zero-order chi connectivity index (χ0) is 20.3. The normalized spacial score (nSPS) is 11.2. The van der Waals surface area contributed by atoms with Crippen molar-refractivity contribution in [3.63, 3.8) is 0 Å². The molecule has 0 atom stereocenters. The summed E-state index contributed by atoms with van der Waals surface area (Å²) in [5.41, 5.74) is 10.0. The lowest BCUT2D eigenvalue weighted by Crippen LogP contribution is -2.12. The Labute approximate surface area is 169 Å². The number of benzene rings is 2. The second-order valence-electron chi connectivity index (χ2n) is 7.23. The lowest BCUT2D eigenvalue weighted by atomic mass is 9.82. The molecule has 2 aromatic carbocycles. The van der Waals surface area contributed by atoms with Gasteiger partial charge < -0.3 is 9.47 Å². The van der Waals surface area contributed by atoms with Crippen LogP contribution in [0.5, 0.6) is 11.5 Å². The van der Waals surface area contributed by atoms with Gasteiger partial charge >= 0.3 is 0 Å². The zero-order valence-electron chi connectivity index (χ0n) is 18.0. The average Bonchev–Trinajstić information content (AvgIpc) is 2.68. The summed E-state index contributed by atoms with van der Waals surface area (Å²) in [6.45, 7) is 13.0. The molecule has 2 rings (SSSR count). The molecule has 0 saturated heterocycles. The van der Waals surface area contributed by atoms with Gasteiger partial charge in [-0.25, -0.2) is 0 Å². The molecular weight excluding hydrogens is 356 g/mol. The molecule has 0 spiro atoms. The van der Waals surface area contributed by atoms with E-state index < -0.39 is 0 Å². The Balaban J connectivity index is 2.75. The number of hydrogen-bond acceptors (Lipinski definition) is 2. The number of methoxy groups -OCH3 is 2. The van der Waals surface area contributed by atoms with Crippen molar-refractivity contribution in [2.75, 3.05) is 20.1 Å². The van der Waals surface area contributed by atoms with Crippen molar-refractivity contribution in [2.45, 2.75) is 60.3 Å². The van der Waals surface area contributed by atoms with Crippen LogP contribution in [0.25, 0.3) is 0 Å². The van der Waals surface area contributed by atoms with Gasteiger partial charge in [0.05, 0.1) is 14.2 Å². The first-order valence-corrected chi connectivity index (χ1v) is 10.3. The van der Waals surface area contributed by atoms with Crippen molar-refractivity contribution >= 4 is 11.6 Å². The lowest BCUT2D eigenvalue weighted by Gasteiger charge is -2.26. The highest BCUT2D eigenvalue weighted by molar-refractivity contribution is 6.18. The quantitative estimate of drug-likeness (QED) is 0.508. The Morgan fingerprint density at radius 2 is 1.11 bits per heavy atom. The van der Waals surface area contributed by atoms with Crippen LogP contribution in [0.15, 0.2) is 12.1 Å². The van der Waals surface area contributed by atoms with E-state index in [0.29, 0.717) is 5.88 Å². The number of rotatable bonds is 7. The SMILES string of the molecule is CCc1cc(C(CCl)c2cc(CC)c(OC)c(C)c2C)c(C)c(C)c1OC. The molecule has 0 aliphatic rings. The summed E-state index contributed by atoms with van der Waals surface area (Å²) in [6, 6.07) is 4.58. The van der Waals surface area contributed by atoms with Crippen molar-refractivity contribution in [1.82, 2.24) is 0 Å². The Hall–Kier alpha value is -1.67. The van der Waals surface area contributed by atoms with Crippen LogP contribution in [0.3, 0.4) is 0 Å². The molecule has 27 heavy (non-hydrogen) atoms. The van der Waals surface area contributed by atoms with E-state index in [1.807, 2.05) is 0 Å². The summed E-state index contributed by atoms with van der Waals surface area (Å²) in [4.78, 5) is 0. The zero-order valence-corrected chi connectivity index (χ0v) is 18.8. The van der Waals surface area contributed by atoms with Gasteiger partial charge in [0.1, 0.15) is 11.5 Å². The second kappa shape index (κ2) is 9.01. The summed E-state index contributed by atoms with van der Waals surface area (Å²) in [5.74, 6) is 2.70. The maximum absolute atomic E-state index is 6.56. The van der Waals surface area contributed by atoms with E-state index in [9.17, 15) is 0 Å². The predicted molar refractivity (Wildman–Crippen MR) is 116 cm³/mol. The first-order chi connectivity index (χ1) is 12.9. The van der Waals surface area contributed by atoms with E-state index in [0.717, 1.165) is 24.3 Å². The van der Waals surface area contributed by atoms with Crippen LogP contribution in [0.2, 0.25) is 0 Å². The monoisotopic (exact) mass is 388 g/mol. The molecule has 0 radical (unpaired) electrons. The fraction of sp³-hybridized carbons (Fsp3) is 0.500. The highest BCUT2D eigenvalue weighted by atomic mass is 35.5. The molecule has 0 N–H and O–H groups in total. The summed E-state index contributed by atoms with van der Waals surface area (Å²) < 4.78 is 11.4. The van der Waals surface area contributed by atoms with Gasteiger partial charge in [0.25, 0.3) is 0 Å². The summed E-state index contributed by atoms with van der Waals surface area (Å²) in [5, 5.41) is 0. The van der Waals surface area contributed by atoms with Crippen LogP contribution >= 0.6 is 11.6 Å². The largest absolute Gasteiger partial charge is 0.496 e. The molecule has 3 heteroatoms. The molecule has 2 aromatic rings. The van der Waals surface area contributed by atoms with Gasteiger partial charge in [-0.2, -0.15) is 0 Å². The molecule has 0 unspecified atom stereocenters. The average molecular weight is 389 g/mol. The van der Waals surface area contributed by atoms with Crippen LogP contribution in [0.1, 0.15) is 64.3 Å². The van der Waals surface area contributed by atoms with Gasteiger partial charge in [0.15, 0.2) is 0 Å². The first-order valence-electron chi connectivity index (χ1n) is 9.75. The van der Waals surface area contributed by atoms with Gasteiger partial charge in [-0.3, -0.25) is 0 Å². The van der Waals surface area contributed by atoms with E-state index in [-0.39, 0.29) is 5.92 Å². The fourth-order valence-corrected chi connectivity index (χ4v) is 4.46. The molecule has 0 amide bonds. The number of aryl methyl sites for hydroxylation is 2. The van der Waals surface area contributed by atoms with Crippen molar-refractivity contribution < 1.29 is 9.47 Å². The molecule has 0 bridgehead atoms. The predicted octanol–water partition coefficient (Wildman–Crippen LogP) is 6.43. The highest BCUT2D eigenvalue weighted by Crippen LogP contribution is 2.40. The number of alkyl halides is 1. The molecule has 0 aromatic heterocycles. The highest BCUT2D eigenvalue weighted by Gasteiger charge is 2.24. The summed E-state index contributed by atoms with van der Waals surface area (Å²) >= 11 is 6.56. The first kappa shape index (κ1) is 21.6. The van der Waals surface area contributed by atoms with Gasteiger partial charge in [0, 0.05) is 11.8 Å². The van der Waals surface area contributed by atoms with Crippen LogP contribution < -0.4 is 9.47 Å². The third-order valence-electron chi connectivity index (χ3n) is 5.99. The van der Waals surface area contributed by atoms with E-state index in [4.69, 9.17) is 21.1 Å². The minimum atomic E-state index is 0.150. The smallest absolute Gasteiger partial charge is 0.125 e. The van der Waals surface area contributed by atoms with Gasteiger partial charge in [-0.1, -0.05) is 26.0 Å². The molecule has 148 valence electrons. The molecule has 0 saturated carbocycles. The third kappa shape index (κ3) is 3.82. The number of hydrogen-bond donors (Lipinski definition) is 0. The maximum Gasteiger partial charge on any atom is 0.125 e. The Morgan fingerprint density at radius 1 is 0.741 bits per heavy atom. The summed E-state index contributed by atoms with van der Waals surface area (Å²) in [6.07, 6.45) is 1.88. The standard InChI is InChI=1S/C24H33ClO2/c1-9-18-11-20(14(3)16(5)23(18)26-7)22(13-25)21-12-19(10-2)24(27-8)17(6)15(21)4/h11-12,22H,9-10,13H2,1-8H3. The van der Waals surface area contributed by atoms with Crippen molar-refractivity contribution in [1.29, 1.82) is 0 Å². The second-order valence-corrected chi connectivity index (χ2v) is 7.54. The lowest BCUT2D eigenvalue weighted by molar-refractivity contribution is 0.406. The Bertz CT molecular complexity index is 757. The fourth-order valence-electron chi connectivity index (χ4n) is 4.13. The van der Waals surface area contributed by atoms with Crippen LogP contribution in [0.4, 0.5) is 0 Å². The minimum absolute atomic E-state index is 0.150. The van der Waals surface area contributed by atoms with E-state index in [1.54, 1.807) is 14.2 Å². The summed E-state index contributed by atoms with van der Waals surface area (Å²) in [7, 11) is 3.51. The van der Waals surface area contributed by atoms with Crippen molar-refractivity contribution in [2.24, 2.45) is 0 Å².